The topological polar surface area (TPSA) is 85.1 Å². The molecule has 0 atom stereocenters. The van der Waals surface area contributed by atoms with Gasteiger partial charge in [-0.3, -0.25) is 9.59 Å². The summed E-state index contributed by atoms with van der Waals surface area (Å²) in [4.78, 5) is 26.7. The summed E-state index contributed by atoms with van der Waals surface area (Å²) in [6.45, 7) is 1.34. The Balaban J connectivity index is 2.11. The first-order chi connectivity index (χ1) is 9.47. The maximum Gasteiger partial charge on any atom is 0.243 e. The number of thiazole rings is 1. The Morgan fingerprint density at radius 2 is 1.95 bits per heavy atom. The number of carbonyl (C=O) groups is 2. The number of hydrogen-bond donors (Lipinski definition) is 2. The minimum Gasteiger partial charge on any atom is -0.369 e. The van der Waals surface area contributed by atoms with Gasteiger partial charge in [-0.1, -0.05) is 0 Å². The zero-order chi connectivity index (χ0) is 14.7. The second kappa shape index (κ2) is 5.79. The molecule has 2 rings (SSSR count). The molecule has 103 valence electrons. The summed E-state index contributed by atoms with van der Waals surface area (Å²) in [5.74, 6) is -1.79. The van der Waals surface area contributed by atoms with Gasteiger partial charge in [0.1, 0.15) is 11.7 Å². The van der Waals surface area contributed by atoms with E-state index < -0.39 is 11.8 Å². The van der Waals surface area contributed by atoms with Crippen LogP contribution in [0.25, 0.3) is 11.3 Å². The first kappa shape index (κ1) is 14.1. The Morgan fingerprint density at radius 3 is 2.55 bits per heavy atom. The largest absolute Gasteiger partial charge is 0.369 e. The number of hydrogen-bond acceptors (Lipinski definition) is 4. The molecule has 1 heterocycles. The molecule has 0 fully saturated rings. The van der Waals surface area contributed by atoms with Crippen molar-refractivity contribution in [2.24, 2.45) is 5.73 Å². The SMILES string of the molecule is C[C](C(N)=O)C(=O)Nc1nc(-c2ccc(F)cc2)cs1. The zero-order valence-electron chi connectivity index (χ0n) is 10.5. The minimum absolute atomic E-state index is 0.0940. The average molecular weight is 292 g/mol. The number of aromatic nitrogens is 1. The Bertz CT molecular complexity index is 639. The summed E-state index contributed by atoms with van der Waals surface area (Å²) in [5.41, 5.74) is 6.36. The van der Waals surface area contributed by atoms with Gasteiger partial charge in [-0.15, -0.1) is 11.3 Å². The monoisotopic (exact) mass is 292 g/mol. The molecule has 20 heavy (non-hydrogen) atoms. The van der Waals surface area contributed by atoms with E-state index in [0.717, 1.165) is 5.56 Å². The van der Waals surface area contributed by atoms with E-state index in [1.807, 2.05) is 0 Å². The van der Waals surface area contributed by atoms with Crippen LogP contribution in [-0.2, 0) is 9.59 Å². The van der Waals surface area contributed by atoms with Crippen LogP contribution in [0.1, 0.15) is 6.92 Å². The molecule has 5 nitrogen and oxygen atoms in total. The molecule has 3 N–H and O–H groups in total. The lowest BCUT2D eigenvalue weighted by molar-refractivity contribution is -0.122. The predicted octanol–water partition coefficient (Wildman–Crippen LogP) is 1.97. The third kappa shape index (κ3) is 3.18. The second-order valence-corrected chi connectivity index (χ2v) is 4.85. The van der Waals surface area contributed by atoms with Crippen LogP contribution in [0.15, 0.2) is 29.6 Å². The highest BCUT2D eigenvalue weighted by Gasteiger charge is 2.20. The van der Waals surface area contributed by atoms with Gasteiger partial charge in [0.2, 0.25) is 11.8 Å². The lowest BCUT2D eigenvalue weighted by atomic mass is 10.1. The van der Waals surface area contributed by atoms with Gasteiger partial charge >= 0.3 is 0 Å². The third-order valence-electron chi connectivity index (χ3n) is 2.57. The second-order valence-electron chi connectivity index (χ2n) is 3.99. The summed E-state index contributed by atoms with van der Waals surface area (Å²) in [6.07, 6.45) is 0. The van der Waals surface area contributed by atoms with E-state index in [0.29, 0.717) is 10.8 Å². The van der Waals surface area contributed by atoms with Crippen molar-refractivity contribution < 1.29 is 14.0 Å². The van der Waals surface area contributed by atoms with Crippen LogP contribution in [0.3, 0.4) is 0 Å². The molecule has 2 aromatic rings. The Kier molecular flexibility index (Phi) is 4.09. The summed E-state index contributed by atoms with van der Waals surface area (Å²) < 4.78 is 12.8. The molecule has 1 radical (unpaired) electrons. The van der Waals surface area contributed by atoms with Gasteiger partial charge in [0.05, 0.1) is 5.69 Å². The van der Waals surface area contributed by atoms with E-state index in [1.54, 1.807) is 17.5 Å². The van der Waals surface area contributed by atoms with Gasteiger partial charge in [-0.05, 0) is 31.2 Å². The fourth-order valence-electron chi connectivity index (χ4n) is 1.39. The van der Waals surface area contributed by atoms with Crippen molar-refractivity contribution in [2.75, 3.05) is 5.32 Å². The number of benzene rings is 1. The summed E-state index contributed by atoms with van der Waals surface area (Å²) in [5, 5.41) is 4.55. The highest BCUT2D eigenvalue weighted by Crippen LogP contribution is 2.25. The van der Waals surface area contributed by atoms with Crippen molar-refractivity contribution >= 4 is 28.3 Å². The van der Waals surface area contributed by atoms with Crippen LogP contribution in [0.2, 0.25) is 0 Å². The van der Waals surface area contributed by atoms with E-state index in [1.165, 1.54) is 30.4 Å². The van der Waals surface area contributed by atoms with Gasteiger partial charge in [0.25, 0.3) is 0 Å². The molecule has 1 aromatic carbocycles. The standard InChI is InChI=1S/C13H11FN3O2S/c1-7(11(15)18)12(19)17-13-16-10(6-20-13)8-2-4-9(14)5-3-8/h2-6H,1H3,(H2,15,18)(H,16,17,19). The number of amides is 2. The van der Waals surface area contributed by atoms with Gasteiger partial charge in [-0.2, -0.15) is 0 Å². The Morgan fingerprint density at radius 1 is 1.30 bits per heavy atom. The quantitative estimate of drug-likeness (QED) is 0.845. The molecule has 0 unspecified atom stereocenters. The van der Waals surface area contributed by atoms with Gasteiger partial charge in [-0.25, -0.2) is 9.37 Å². The molecular weight excluding hydrogens is 281 g/mol. The van der Waals surface area contributed by atoms with Crippen molar-refractivity contribution in [1.29, 1.82) is 0 Å². The smallest absolute Gasteiger partial charge is 0.243 e. The molecule has 0 aliphatic heterocycles. The summed E-state index contributed by atoms with van der Waals surface area (Å²) in [6, 6.07) is 5.85. The molecule has 0 saturated heterocycles. The average Bonchev–Trinajstić information content (AvgIpc) is 2.87. The lowest BCUT2D eigenvalue weighted by Crippen LogP contribution is -2.30. The predicted molar refractivity (Wildman–Crippen MR) is 74.2 cm³/mol. The van der Waals surface area contributed by atoms with Crippen molar-refractivity contribution in [3.63, 3.8) is 0 Å². The van der Waals surface area contributed by atoms with Crippen LogP contribution < -0.4 is 11.1 Å². The number of anilines is 1. The first-order valence-electron chi connectivity index (χ1n) is 5.63. The molecular formula is C13H11FN3O2S. The van der Waals surface area contributed by atoms with E-state index in [9.17, 15) is 14.0 Å². The van der Waals surface area contributed by atoms with Crippen molar-refractivity contribution in [3.8, 4) is 11.3 Å². The number of carbonyl (C=O) groups excluding carboxylic acids is 2. The number of nitrogens with one attached hydrogen (secondary N) is 1. The number of primary amides is 1. The van der Waals surface area contributed by atoms with Gasteiger partial charge in [0, 0.05) is 10.9 Å². The molecule has 0 bridgehead atoms. The van der Waals surface area contributed by atoms with Crippen molar-refractivity contribution in [2.45, 2.75) is 6.92 Å². The summed E-state index contributed by atoms with van der Waals surface area (Å²) >= 11 is 1.20. The minimum atomic E-state index is -0.780. The summed E-state index contributed by atoms with van der Waals surface area (Å²) in [7, 11) is 0. The highest BCUT2D eigenvalue weighted by molar-refractivity contribution is 7.14. The Hall–Kier alpha value is -2.28. The maximum absolute atomic E-state index is 12.8. The molecule has 7 heteroatoms. The van der Waals surface area contributed by atoms with Crippen LogP contribution in [0.5, 0.6) is 0 Å². The third-order valence-corrected chi connectivity index (χ3v) is 3.33. The van der Waals surface area contributed by atoms with E-state index >= 15 is 0 Å². The van der Waals surface area contributed by atoms with Crippen LogP contribution >= 0.6 is 11.3 Å². The number of rotatable bonds is 4. The molecule has 0 saturated carbocycles. The number of nitrogens with two attached hydrogens (primary N) is 1. The maximum atomic E-state index is 12.8. The van der Waals surface area contributed by atoms with Crippen LogP contribution in [-0.4, -0.2) is 16.8 Å². The molecule has 0 aliphatic rings. The van der Waals surface area contributed by atoms with Crippen LogP contribution in [0, 0.1) is 11.7 Å². The fourth-order valence-corrected chi connectivity index (χ4v) is 2.10. The van der Waals surface area contributed by atoms with E-state index in [-0.39, 0.29) is 11.7 Å². The Labute approximate surface area is 118 Å². The highest BCUT2D eigenvalue weighted by atomic mass is 32.1. The van der Waals surface area contributed by atoms with Crippen molar-refractivity contribution in [1.82, 2.24) is 4.98 Å². The normalized spacial score (nSPS) is 10.6. The van der Waals surface area contributed by atoms with Gasteiger partial charge < -0.3 is 11.1 Å². The molecule has 1 aromatic heterocycles. The first-order valence-corrected chi connectivity index (χ1v) is 6.51. The fraction of sp³-hybridized carbons (Fsp3) is 0.0769. The molecule has 0 aliphatic carbocycles. The molecule has 0 spiro atoms. The zero-order valence-corrected chi connectivity index (χ0v) is 11.3. The number of halogens is 1. The van der Waals surface area contributed by atoms with E-state index in [2.05, 4.69) is 10.3 Å². The van der Waals surface area contributed by atoms with Gasteiger partial charge in [0.15, 0.2) is 5.13 Å². The van der Waals surface area contributed by atoms with Crippen LogP contribution in [0.4, 0.5) is 9.52 Å². The van der Waals surface area contributed by atoms with Crippen molar-refractivity contribution in [3.05, 3.63) is 41.4 Å². The van der Waals surface area contributed by atoms with E-state index in [4.69, 9.17) is 5.73 Å². The molecule has 2 amide bonds. The lowest BCUT2D eigenvalue weighted by Gasteiger charge is -2.04. The number of nitrogens with zero attached hydrogens (tertiary/aromatic N) is 1.